The largest absolute Gasteiger partial charge is 0.393 e. The normalized spacial score (nSPS) is 20.9. The van der Waals surface area contributed by atoms with Gasteiger partial charge in [0.05, 0.1) is 17.4 Å². The van der Waals surface area contributed by atoms with Crippen molar-refractivity contribution in [2.24, 2.45) is 0 Å². The van der Waals surface area contributed by atoms with E-state index < -0.39 is 0 Å². The molecule has 178 valence electrons. The van der Waals surface area contributed by atoms with Crippen LogP contribution in [0, 0.1) is 3.57 Å². The molecule has 0 spiro atoms. The molecule has 3 heterocycles. The fourth-order valence-corrected chi connectivity index (χ4v) is 5.05. The standard InChI is InChI=1S/C26H31IN6O/c27-19-4-6-21(7-5-19)31-26-29-16-23(25(32-26)30-20-8-10-22(34)11-9-20)24-12-3-18(15-28-24)17-33-13-1-2-14-33/h3-7,12,15-16,20,22,34H,1-2,8-11,13-14,17H2,(H2,29,30,31,32). The summed E-state index contributed by atoms with van der Waals surface area (Å²) in [6.45, 7) is 3.31. The van der Waals surface area contributed by atoms with Crippen LogP contribution in [0.2, 0.25) is 0 Å². The molecule has 1 saturated carbocycles. The number of nitrogens with one attached hydrogen (secondary N) is 2. The number of anilines is 3. The van der Waals surface area contributed by atoms with Gasteiger partial charge in [-0.3, -0.25) is 9.88 Å². The molecule has 5 rings (SSSR count). The van der Waals surface area contributed by atoms with Crippen LogP contribution in [0.4, 0.5) is 17.5 Å². The molecular formula is C26H31IN6O. The number of likely N-dealkylation sites (tertiary alicyclic amines) is 1. The zero-order valence-corrected chi connectivity index (χ0v) is 21.4. The van der Waals surface area contributed by atoms with Gasteiger partial charge in [0.1, 0.15) is 5.82 Å². The zero-order chi connectivity index (χ0) is 23.3. The lowest BCUT2D eigenvalue weighted by molar-refractivity contribution is 0.126. The molecule has 1 saturated heterocycles. The molecule has 0 atom stereocenters. The van der Waals surface area contributed by atoms with Gasteiger partial charge in [0.25, 0.3) is 0 Å². The van der Waals surface area contributed by atoms with Crippen LogP contribution in [0.1, 0.15) is 44.1 Å². The zero-order valence-electron chi connectivity index (χ0n) is 19.3. The van der Waals surface area contributed by atoms with E-state index in [1.54, 1.807) is 0 Å². The third-order valence-corrected chi connectivity index (χ3v) is 7.35. The van der Waals surface area contributed by atoms with Gasteiger partial charge in [-0.15, -0.1) is 0 Å². The molecule has 1 aromatic carbocycles. The lowest BCUT2D eigenvalue weighted by Crippen LogP contribution is -2.29. The molecule has 2 fully saturated rings. The molecule has 34 heavy (non-hydrogen) atoms. The first-order valence-electron chi connectivity index (χ1n) is 12.1. The van der Waals surface area contributed by atoms with Gasteiger partial charge in [-0.05, 0) is 110 Å². The van der Waals surface area contributed by atoms with Crippen molar-refractivity contribution in [1.82, 2.24) is 19.9 Å². The fourth-order valence-electron chi connectivity index (χ4n) is 4.69. The number of nitrogens with zero attached hydrogens (tertiary/aromatic N) is 4. The minimum Gasteiger partial charge on any atom is -0.393 e. The Kier molecular flexibility index (Phi) is 7.56. The summed E-state index contributed by atoms with van der Waals surface area (Å²) >= 11 is 2.29. The summed E-state index contributed by atoms with van der Waals surface area (Å²) < 4.78 is 1.18. The maximum atomic E-state index is 9.90. The van der Waals surface area contributed by atoms with Crippen molar-refractivity contribution in [1.29, 1.82) is 0 Å². The summed E-state index contributed by atoms with van der Waals surface area (Å²) in [5, 5.41) is 16.8. The molecule has 1 aliphatic carbocycles. The number of hydrogen-bond donors (Lipinski definition) is 3. The van der Waals surface area contributed by atoms with Gasteiger partial charge in [-0.1, -0.05) is 6.07 Å². The van der Waals surface area contributed by atoms with Crippen LogP contribution in [-0.2, 0) is 6.54 Å². The van der Waals surface area contributed by atoms with E-state index in [0.717, 1.165) is 55.0 Å². The Bertz CT molecular complexity index is 1080. The van der Waals surface area contributed by atoms with Crippen molar-refractivity contribution in [3.8, 4) is 11.3 Å². The summed E-state index contributed by atoms with van der Waals surface area (Å²) in [7, 11) is 0. The van der Waals surface area contributed by atoms with Crippen LogP contribution in [0.3, 0.4) is 0 Å². The summed E-state index contributed by atoms with van der Waals surface area (Å²) in [6, 6.07) is 12.7. The van der Waals surface area contributed by atoms with E-state index in [4.69, 9.17) is 9.97 Å². The quantitative estimate of drug-likeness (QED) is 0.337. The topological polar surface area (TPSA) is 86.2 Å². The predicted molar refractivity (Wildman–Crippen MR) is 144 cm³/mol. The molecule has 2 aliphatic rings. The molecule has 0 amide bonds. The van der Waals surface area contributed by atoms with Crippen LogP contribution in [-0.4, -0.2) is 50.2 Å². The van der Waals surface area contributed by atoms with E-state index in [2.05, 4.69) is 67.4 Å². The van der Waals surface area contributed by atoms with Gasteiger partial charge in [-0.2, -0.15) is 4.98 Å². The highest BCUT2D eigenvalue weighted by Crippen LogP contribution is 2.30. The van der Waals surface area contributed by atoms with Crippen LogP contribution in [0.15, 0.2) is 48.8 Å². The van der Waals surface area contributed by atoms with Gasteiger partial charge in [-0.25, -0.2) is 4.98 Å². The summed E-state index contributed by atoms with van der Waals surface area (Å²) in [5.41, 5.74) is 3.94. The van der Waals surface area contributed by atoms with E-state index in [1.165, 1.54) is 35.1 Å². The lowest BCUT2D eigenvalue weighted by Gasteiger charge is -2.27. The number of aliphatic hydroxyl groups is 1. The second kappa shape index (κ2) is 11.0. The minimum absolute atomic E-state index is 0.189. The fraction of sp³-hybridized carbons (Fsp3) is 0.423. The number of halogens is 1. The molecule has 7 nitrogen and oxygen atoms in total. The highest BCUT2D eigenvalue weighted by atomic mass is 127. The molecule has 0 bridgehead atoms. The summed E-state index contributed by atoms with van der Waals surface area (Å²) in [6.07, 6.45) is 9.70. The van der Waals surface area contributed by atoms with Gasteiger partial charge >= 0.3 is 0 Å². The number of aliphatic hydroxyl groups excluding tert-OH is 1. The van der Waals surface area contributed by atoms with Gasteiger partial charge < -0.3 is 15.7 Å². The van der Waals surface area contributed by atoms with Gasteiger partial charge in [0.2, 0.25) is 5.95 Å². The third-order valence-electron chi connectivity index (χ3n) is 6.63. The Balaban J connectivity index is 1.38. The van der Waals surface area contributed by atoms with Crippen molar-refractivity contribution >= 4 is 40.0 Å². The molecule has 3 N–H and O–H groups in total. The second-order valence-corrected chi connectivity index (χ2v) is 10.5. The van der Waals surface area contributed by atoms with E-state index in [-0.39, 0.29) is 12.1 Å². The van der Waals surface area contributed by atoms with Crippen molar-refractivity contribution < 1.29 is 5.11 Å². The molecule has 8 heteroatoms. The first kappa shape index (κ1) is 23.4. The number of pyridine rings is 1. The third kappa shape index (κ3) is 6.03. The van der Waals surface area contributed by atoms with Crippen molar-refractivity contribution in [2.75, 3.05) is 23.7 Å². The maximum Gasteiger partial charge on any atom is 0.229 e. The summed E-state index contributed by atoms with van der Waals surface area (Å²) in [4.78, 5) is 16.7. The SMILES string of the molecule is OC1CCC(Nc2nc(Nc3ccc(I)cc3)ncc2-c2ccc(CN3CCCC3)cn2)CC1. The average Bonchev–Trinajstić information content (AvgIpc) is 3.36. The first-order valence-corrected chi connectivity index (χ1v) is 13.2. The molecule has 1 aliphatic heterocycles. The van der Waals surface area contributed by atoms with Crippen LogP contribution >= 0.6 is 22.6 Å². The molecule has 0 unspecified atom stereocenters. The lowest BCUT2D eigenvalue weighted by atomic mass is 9.93. The van der Waals surface area contributed by atoms with E-state index >= 15 is 0 Å². The highest BCUT2D eigenvalue weighted by molar-refractivity contribution is 14.1. The first-order chi connectivity index (χ1) is 16.6. The van der Waals surface area contributed by atoms with E-state index in [0.29, 0.717) is 5.95 Å². The number of aromatic nitrogens is 3. The van der Waals surface area contributed by atoms with Gasteiger partial charge in [0.15, 0.2) is 0 Å². The van der Waals surface area contributed by atoms with E-state index in [9.17, 15) is 5.11 Å². The second-order valence-electron chi connectivity index (χ2n) is 9.27. The Labute approximate surface area is 214 Å². The van der Waals surface area contributed by atoms with Crippen molar-refractivity contribution in [3.63, 3.8) is 0 Å². The highest BCUT2D eigenvalue weighted by Gasteiger charge is 2.22. The molecule has 0 radical (unpaired) electrons. The Morgan fingerprint density at radius 1 is 0.941 bits per heavy atom. The van der Waals surface area contributed by atoms with Crippen LogP contribution in [0.5, 0.6) is 0 Å². The Morgan fingerprint density at radius 2 is 1.71 bits per heavy atom. The Morgan fingerprint density at radius 3 is 2.41 bits per heavy atom. The number of rotatable bonds is 7. The average molecular weight is 570 g/mol. The van der Waals surface area contributed by atoms with Crippen molar-refractivity contribution in [2.45, 2.75) is 57.2 Å². The molecule has 3 aromatic rings. The van der Waals surface area contributed by atoms with Crippen LogP contribution in [0.25, 0.3) is 11.3 Å². The maximum absolute atomic E-state index is 9.90. The molecular weight excluding hydrogens is 539 g/mol. The Hall–Kier alpha value is -2.30. The van der Waals surface area contributed by atoms with Gasteiger partial charge in [0, 0.05) is 34.2 Å². The number of hydrogen-bond acceptors (Lipinski definition) is 7. The monoisotopic (exact) mass is 570 g/mol. The van der Waals surface area contributed by atoms with Crippen LogP contribution < -0.4 is 10.6 Å². The smallest absolute Gasteiger partial charge is 0.229 e. The molecule has 2 aromatic heterocycles. The summed E-state index contributed by atoms with van der Waals surface area (Å²) in [5.74, 6) is 1.33. The van der Waals surface area contributed by atoms with Crippen molar-refractivity contribution in [3.05, 3.63) is 57.9 Å². The van der Waals surface area contributed by atoms with E-state index in [1.807, 2.05) is 24.5 Å². The minimum atomic E-state index is -0.189. The predicted octanol–water partition coefficient (Wildman–Crippen LogP) is 5.20. The number of benzene rings is 1.